The van der Waals surface area contributed by atoms with E-state index in [-0.39, 0.29) is 5.91 Å². The van der Waals surface area contributed by atoms with Gasteiger partial charge in [-0.2, -0.15) is 11.8 Å². The molecular weight excluding hydrogens is 306 g/mol. The van der Waals surface area contributed by atoms with E-state index in [1.165, 1.54) is 5.56 Å². The monoisotopic (exact) mass is 327 g/mol. The van der Waals surface area contributed by atoms with E-state index in [0.29, 0.717) is 10.8 Å². The number of carbonyl (C=O) groups excluding carboxylic acids is 1. The second-order valence-corrected chi connectivity index (χ2v) is 6.89. The molecule has 0 radical (unpaired) electrons. The molecule has 4 heteroatoms. The molecule has 1 atom stereocenters. The molecule has 1 heterocycles. The van der Waals surface area contributed by atoms with E-state index in [1.54, 1.807) is 7.11 Å². The van der Waals surface area contributed by atoms with Gasteiger partial charge in [0.15, 0.2) is 0 Å². The first-order chi connectivity index (χ1) is 11.3. The second kappa shape index (κ2) is 7.55. The first-order valence-corrected chi connectivity index (χ1v) is 8.92. The number of rotatable bonds is 3. The van der Waals surface area contributed by atoms with Crippen LogP contribution in [-0.4, -0.2) is 36.8 Å². The van der Waals surface area contributed by atoms with Gasteiger partial charge in [-0.1, -0.05) is 36.4 Å². The first kappa shape index (κ1) is 15.9. The molecule has 0 saturated carbocycles. The van der Waals surface area contributed by atoms with Crippen LogP contribution in [0.3, 0.4) is 0 Å². The van der Waals surface area contributed by atoms with Crippen molar-refractivity contribution in [1.29, 1.82) is 0 Å². The lowest BCUT2D eigenvalue weighted by Crippen LogP contribution is -2.32. The molecule has 2 aromatic carbocycles. The van der Waals surface area contributed by atoms with Crippen molar-refractivity contribution in [2.24, 2.45) is 0 Å². The summed E-state index contributed by atoms with van der Waals surface area (Å²) in [4.78, 5) is 14.7. The van der Waals surface area contributed by atoms with E-state index >= 15 is 0 Å². The van der Waals surface area contributed by atoms with Gasteiger partial charge in [-0.05, 0) is 30.2 Å². The summed E-state index contributed by atoms with van der Waals surface area (Å²) in [6, 6.07) is 18.0. The normalized spacial score (nSPS) is 18.3. The summed E-state index contributed by atoms with van der Waals surface area (Å²) in [5, 5.41) is 0.472. The number of benzene rings is 2. The molecule has 3 rings (SSSR count). The topological polar surface area (TPSA) is 29.5 Å². The Morgan fingerprint density at radius 2 is 1.96 bits per heavy atom. The standard InChI is InChI=1S/C19H21NO2S/c1-22-17-9-5-8-16(14-17)19(21)20-11-10-18(23-13-12-20)15-6-3-2-4-7-15/h2-9,14,18H,10-13H2,1H3. The van der Waals surface area contributed by atoms with Gasteiger partial charge in [-0.15, -0.1) is 0 Å². The maximum atomic E-state index is 12.7. The maximum absolute atomic E-state index is 12.7. The summed E-state index contributed by atoms with van der Waals surface area (Å²) in [6.45, 7) is 1.59. The van der Waals surface area contributed by atoms with Crippen LogP contribution in [0.5, 0.6) is 5.75 Å². The molecule has 120 valence electrons. The number of nitrogens with zero attached hydrogens (tertiary/aromatic N) is 1. The summed E-state index contributed by atoms with van der Waals surface area (Å²) in [6.07, 6.45) is 0.990. The molecule has 1 amide bonds. The van der Waals surface area contributed by atoms with E-state index in [4.69, 9.17) is 4.74 Å². The minimum Gasteiger partial charge on any atom is -0.497 e. The third-order valence-electron chi connectivity index (χ3n) is 4.12. The molecule has 0 N–H and O–H groups in total. The summed E-state index contributed by atoms with van der Waals surface area (Å²) >= 11 is 1.94. The van der Waals surface area contributed by atoms with Crippen molar-refractivity contribution < 1.29 is 9.53 Å². The van der Waals surface area contributed by atoms with E-state index in [0.717, 1.165) is 31.0 Å². The van der Waals surface area contributed by atoms with Gasteiger partial charge >= 0.3 is 0 Å². The Kier molecular flexibility index (Phi) is 5.23. The van der Waals surface area contributed by atoms with Crippen LogP contribution in [0.4, 0.5) is 0 Å². The number of hydrogen-bond donors (Lipinski definition) is 0. The SMILES string of the molecule is COc1cccc(C(=O)N2CCSC(c3ccccc3)CC2)c1. The quantitative estimate of drug-likeness (QED) is 0.853. The number of ether oxygens (including phenoxy) is 1. The van der Waals surface area contributed by atoms with Crippen molar-refractivity contribution >= 4 is 17.7 Å². The minimum absolute atomic E-state index is 0.0956. The van der Waals surface area contributed by atoms with Gasteiger partial charge in [-0.3, -0.25) is 4.79 Å². The smallest absolute Gasteiger partial charge is 0.254 e. The largest absolute Gasteiger partial charge is 0.497 e. The number of carbonyl (C=O) groups is 1. The summed E-state index contributed by atoms with van der Waals surface area (Å²) in [5.74, 6) is 1.79. The molecule has 1 aliphatic rings. The fourth-order valence-electron chi connectivity index (χ4n) is 2.85. The Labute approximate surface area is 141 Å². The number of amides is 1. The Balaban J connectivity index is 1.69. The average molecular weight is 327 g/mol. The van der Waals surface area contributed by atoms with Crippen LogP contribution in [0.25, 0.3) is 0 Å². The van der Waals surface area contributed by atoms with E-state index < -0.39 is 0 Å². The fraction of sp³-hybridized carbons (Fsp3) is 0.316. The third-order valence-corrected chi connectivity index (χ3v) is 5.45. The first-order valence-electron chi connectivity index (χ1n) is 7.88. The lowest BCUT2D eigenvalue weighted by atomic mass is 10.1. The lowest BCUT2D eigenvalue weighted by molar-refractivity contribution is 0.0766. The number of thioether (sulfide) groups is 1. The summed E-state index contributed by atoms with van der Waals surface area (Å²) in [5.41, 5.74) is 2.06. The zero-order valence-corrected chi connectivity index (χ0v) is 14.1. The predicted octanol–water partition coefficient (Wildman–Crippen LogP) is 4.02. The minimum atomic E-state index is 0.0956. The van der Waals surface area contributed by atoms with Gasteiger partial charge in [-0.25, -0.2) is 0 Å². The van der Waals surface area contributed by atoms with E-state index in [2.05, 4.69) is 24.3 Å². The van der Waals surface area contributed by atoms with Gasteiger partial charge in [0.1, 0.15) is 5.75 Å². The molecule has 1 saturated heterocycles. The third kappa shape index (κ3) is 3.88. The Morgan fingerprint density at radius 1 is 1.13 bits per heavy atom. The molecule has 1 aliphatic heterocycles. The van der Waals surface area contributed by atoms with Crippen LogP contribution in [0.1, 0.15) is 27.6 Å². The molecule has 0 aliphatic carbocycles. The molecule has 2 aromatic rings. The Morgan fingerprint density at radius 3 is 2.74 bits per heavy atom. The highest BCUT2D eigenvalue weighted by Gasteiger charge is 2.22. The van der Waals surface area contributed by atoms with Crippen LogP contribution in [0.2, 0.25) is 0 Å². The van der Waals surface area contributed by atoms with Gasteiger partial charge in [0.25, 0.3) is 5.91 Å². The summed E-state index contributed by atoms with van der Waals surface area (Å²) in [7, 11) is 1.62. The highest BCUT2D eigenvalue weighted by molar-refractivity contribution is 7.99. The molecule has 23 heavy (non-hydrogen) atoms. The molecule has 1 fully saturated rings. The molecule has 0 bridgehead atoms. The van der Waals surface area contributed by atoms with Crippen molar-refractivity contribution in [3.63, 3.8) is 0 Å². The van der Waals surface area contributed by atoms with Gasteiger partial charge in [0.05, 0.1) is 7.11 Å². The number of methoxy groups -OCH3 is 1. The summed E-state index contributed by atoms with van der Waals surface area (Å²) < 4.78 is 5.22. The Hall–Kier alpha value is -1.94. The predicted molar refractivity (Wildman–Crippen MR) is 95.2 cm³/mol. The van der Waals surface area contributed by atoms with E-state index in [1.807, 2.05) is 47.0 Å². The zero-order chi connectivity index (χ0) is 16.1. The van der Waals surface area contributed by atoms with E-state index in [9.17, 15) is 4.79 Å². The molecule has 0 spiro atoms. The van der Waals surface area contributed by atoms with Crippen molar-refractivity contribution in [2.75, 3.05) is 26.0 Å². The fourth-order valence-corrected chi connectivity index (χ4v) is 4.08. The molecular formula is C19H21NO2S. The van der Waals surface area contributed by atoms with Crippen molar-refractivity contribution in [3.8, 4) is 5.75 Å². The highest BCUT2D eigenvalue weighted by atomic mass is 32.2. The van der Waals surface area contributed by atoms with Crippen LogP contribution < -0.4 is 4.74 Å². The second-order valence-electron chi connectivity index (χ2n) is 5.58. The van der Waals surface area contributed by atoms with Gasteiger partial charge in [0.2, 0.25) is 0 Å². The van der Waals surface area contributed by atoms with Gasteiger partial charge < -0.3 is 9.64 Å². The van der Waals surface area contributed by atoms with Gasteiger partial charge in [0, 0.05) is 29.7 Å². The molecule has 0 aromatic heterocycles. The lowest BCUT2D eigenvalue weighted by Gasteiger charge is -2.20. The number of hydrogen-bond acceptors (Lipinski definition) is 3. The maximum Gasteiger partial charge on any atom is 0.254 e. The van der Waals surface area contributed by atoms with Crippen molar-refractivity contribution in [1.82, 2.24) is 4.90 Å². The average Bonchev–Trinajstić information content (AvgIpc) is 2.88. The van der Waals surface area contributed by atoms with Crippen molar-refractivity contribution in [2.45, 2.75) is 11.7 Å². The van der Waals surface area contributed by atoms with Crippen LogP contribution >= 0.6 is 11.8 Å². The Bertz CT molecular complexity index is 659. The van der Waals surface area contributed by atoms with Crippen LogP contribution in [-0.2, 0) is 0 Å². The van der Waals surface area contributed by atoms with Crippen LogP contribution in [0, 0.1) is 0 Å². The zero-order valence-electron chi connectivity index (χ0n) is 13.3. The van der Waals surface area contributed by atoms with Crippen molar-refractivity contribution in [3.05, 3.63) is 65.7 Å². The molecule has 1 unspecified atom stereocenters. The van der Waals surface area contributed by atoms with Crippen LogP contribution in [0.15, 0.2) is 54.6 Å². The molecule has 3 nitrogen and oxygen atoms in total. The highest BCUT2D eigenvalue weighted by Crippen LogP contribution is 2.34.